The van der Waals surface area contributed by atoms with E-state index >= 15 is 0 Å². The average Bonchev–Trinajstić information content (AvgIpc) is 2.94. The highest BCUT2D eigenvalue weighted by Crippen LogP contribution is 2.28. The van der Waals surface area contributed by atoms with Gasteiger partial charge in [-0.15, -0.1) is 0 Å². The Bertz CT molecular complexity index is 449. The van der Waals surface area contributed by atoms with E-state index in [1.165, 1.54) is 0 Å². The van der Waals surface area contributed by atoms with Crippen LogP contribution in [0.4, 0.5) is 4.79 Å². The van der Waals surface area contributed by atoms with Crippen LogP contribution < -0.4 is 10.6 Å². The van der Waals surface area contributed by atoms with Gasteiger partial charge in [0.05, 0.1) is 11.8 Å². The lowest BCUT2D eigenvalue weighted by atomic mass is 10.0. The van der Waals surface area contributed by atoms with Gasteiger partial charge >= 0.3 is 6.03 Å². The molecule has 1 aromatic heterocycles. The molecule has 1 saturated carbocycles. The van der Waals surface area contributed by atoms with Crippen LogP contribution in [0.3, 0.4) is 0 Å². The summed E-state index contributed by atoms with van der Waals surface area (Å²) in [4.78, 5) is 11.7. The maximum Gasteiger partial charge on any atom is 0.315 e. The van der Waals surface area contributed by atoms with Crippen molar-refractivity contribution >= 4 is 6.03 Å². The van der Waals surface area contributed by atoms with Gasteiger partial charge in [0.1, 0.15) is 0 Å². The molecule has 0 aromatic carbocycles. The average molecular weight is 266 g/mol. The lowest BCUT2D eigenvalue weighted by molar-refractivity contribution is 0.0501. The standard InChI is InChI=1S/C13H22N4O2/c1-10-11(8-16-17(10)2)7-14-12(18)15-9-13(19)5-3-4-6-13/h8,19H,3-7,9H2,1-2H3,(H2,14,15,18). The number of carbonyl (C=O) groups is 1. The summed E-state index contributed by atoms with van der Waals surface area (Å²) >= 11 is 0. The number of aromatic nitrogens is 2. The van der Waals surface area contributed by atoms with Gasteiger partial charge in [0.15, 0.2) is 0 Å². The Morgan fingerprint density at radius 1 is 1.47 bits per heavy atom. The van der Waals surface area contributed by atoms with Crippen LogP contribution in [0.15, 0.2) is 6.20 Å². The van der Waals surface area contributed by atoms with Crippen molar-refractivity contribution in [3.05, 3.63) is 17.5 Å². The minimum absolute atomic E-state index is 0.247. The Hall–Kier alpha value is -1.56. The molecule has 1 fully saturated rings. The maximum absolute atomic E-state index is 11.7. The Morgan fingerprint density at radius 2 is 2.16 bits per heavy atom. The third-order valence-corrected chi connectivity index (χ3v) is 3.89. The number of amides is 2. The van der Waals surface area contributed by atoms with Crippen LogP contribution in [0.25, 0.3) is 0 Å². The van der Waals surface area contributed by atoms with Crippen molar-refractivity contribution in [1.82, 2.24) is 20.4 Å². The second-order valence-corrected chi connectivity index (χ2v) is 5.35. The van der Waals surface area contributed by atoms with Crippen molar-refractivity contribution in [2.24, 2.45) is 7.05 Å². The van der Waals surface area contributed by atoms with Crippen LogP contribution in [0.2, 0.25) is 0 Å². The number of rotatable bonds is 4. The van der Waals surface area contributed by atoms with Crippen molar-refractivity contribution < 1.29 is 9.90 Å². The number of nitrogens with zero attached hydrogens (tertiary/aromatic N) is 2. The van der Waals surface area contributed by atoms with E-state index in [1.807, 2.05) is 14.0 Å². The van der Waals surface area contributed by atoms with Gasteiger partial charge < -0.3 is 15.7 Å². The highest BCUT2D eigenvalue weighted by atomic mass is 16.3. The van der Waals surface area contributed by atoms with Crippen molar-refractivity contribution in [2.45, 2.75) is 44.8 Å². The SMILES string of the molecule is Cc1c(CNC(=O)NCC2(O)CCCC2)cnn1C. The quantitative estimate of drug-likeness (QED) is 0.755. The van der Waals surface area contributed by atoms with Crippen LogP contribution in [0.1, 0.15) is 36.9 Å². The van der Waals surface area contributed by atoms with Crippen molar-refractivity contribution in [3.8, 4) is 0 Å². The molecule has 0 radical (unpaired) electrons. The van der Waals surface area contributed by atoms with E-state index in [-0.39, 0.29) is 6.03 Å². The molecule has 0 spiro atoms. The first-order chi connectivity index (χ1) is 9.00. The number of nitrogens with one attached hydrogen (secondary N) is 2. The first kappa shape index (κ1) is 13.9. The molecule has 0 unspecified atom stereocenters. The normalized spacial score (nSPS) is 17.4. The summed E-state index contributed by atoms with van der Waals surface area (Å²) in [6.07, 6.45) is 5.37. The van der Waals surface area contributed by atoms with Crippen LogP contribution in [-0.2, 0) is 13.6 Å². The second kappa shape index (κ2) is 5.61. The molecule has 6 heteroatoms. The molecule has 0 atom stereocenters. The number of aryl methyl sites for hydroxylation is 1. The largest absolute Gasteiger partial charge is 0.388 e. The maximum atomic E-state index is 11.7. The fourth-order valence-electron chi connectivity index (χ4n) is 2.41. The smallest absolute Gasteiger partial charge is 0.315 e. The molecule has 2 amide bonds. The van der Waals surface area contributed by atoms with E-state index in [1.54, 1.807) is 10.9 Å². The van der Waals surface area contributed by atoms with Gasteiger partial charge in [0, 0.05) is 31.4 Å². The highest BCUT2D eigenvalue weighted by Gasteiger charge is 2.31. The molecule has 1 aliphatic carbocycles. The van der Waals surface area contributed by atoms with Gasteiger partial charge in [0.25, 0.3) is 0 Å². The summed E-state index contributed by atoms with van der Waals surface area (Å²) < 4.78 is 1.77. The molecule has 1 aliphatic rings. The Morgan fingerprint density at radius 3 is 2.74 bits per heavy atom. The molecule has 1 aromatic rings. The predicted octanol–water partition coefficient (Wildman–Crippen LogP) is 0.833. The van der Waals surface area contributed by atoms with Crippen LogP contribution in [0.5, 0.6) is 0 Å². The molecule has 0 bridgehead atoms. The van der Waals surface area contributed by atoms with Gasteiger partial charge in [-0.1, -0.05) is 12.8 Å². The van der Waals surface area contributed by atoms with Gasteiger partial charge in [-0.05, 0) is 19.8 Å². The zero-order chi connectivity index (χ0) is 13.9. The first-order valence-corrected chi connectivity index (χ1v) is 6.72. The lowest BCUT2D eigenvalue weighted by Crippen LogP contribution is -2.44. The predicted molar refractivity (Wildman–Crippen MR) is 71.6 cm³/mol. The molecular weight excluding hydrogens is 244 g/mol. The minimum Gasteiger partial charge on any atom is -0.388 e. The molecule has 106 valence electrons. The molecule has 0 saturated heterocycles. The minimum atomic E-state index is -0.707. The van der Waals surface area contributed by atoms with Gasteiger partial charge in [-0.2, -0.15) is 5.10 Å². The fourth-order valence-corrected chi connectivity index (χ4v) is 2.41. The molecule has 0 aliphatic heterocycles. The van der Waals surface area contributed by atoms with Crippen LogP contribution in [-0.4, -0.2) is 33.1 Å². The topological polar surface area (TPSA) is 79.2 Å². The molecule has 19 heavy (non-hydrogen) atoms. The number of hydrogen-bond donors (Lipinski definition) is 3. The zero-order valence-corrected chi connectivity index (χ0v) is 11.6. The molecule has 3 N–H and O–H groups in total. The number of urea groups is 1. The Kier molecular flexibility index (Phi) is 4.09. The number of hydrogen-bond acceptors (Lipinski definition) is 3. The molecular formula is C13H22N4O2. The first-order valence-electron chi connectivity index (χ1n) is 6.72. The molecule has 2 rings (SSSR count). The fraction of sp³-hybridized carbons (Fsp3) is 0.692. The van der Waals surface area contributed by atoms with Crippen LogP contribution >= 0.6 is 0 Å². The summed E-state index contributed by atoms with van der Waals surface area (Å²) in [5.74, 6) is 0. The monoisotopic (exact) mass is 266 g/mol. The summed E-state index contributed by atoms with van der Waals surface area (Å²) in [5, 5.41) is 19.8. The van der Waals surface area contributed by atoms with Crippen molar-refractivity contribution in [3.63, 3.8) is 0 Å². The Labute approximate surface area is 113 Å². The summed E-state index contributed by atoms with van der Waals surface area (Å²) in [5.41, 5.74) is 1.33. The van der Waals surface area contributed by atoms with Crippen molar-refractivity contribution in [2.75, 3.05) is 6.54 Å². The van der Waals surface area contributed by atoms with Gasteiger partial charge in [0.2, 0.25) is 0 Å². The lowest BCUT2D eigenvalue weighted by Gasteiger charge is -2.22. The zero-order valence-electron chi connectivity index (χ0n) is 11.6. The van der Waals surface area contributed by atoms with Crippen LogP contribution in [0, 0.1) is 6.92 Å². The van der Waals surface area contributed by atoms with Gasteiger partial charge in [-0.3, -0.25) is 4.68 Å². The Balaban J connectivity index is 1.74. The van der Waals surface area contributed by atoms with E-state index in [4.69, 9.17) is 0 Å². The summed E-state index contributed by atoms with van der Waals surface area (Å²) in [6.45, 7) is 2.73. The summed E-state index contributed by atoms with van der Waals surface area (Å²) in [6, 6.07) is -0.247. The highest BCUT2D eigenvalue weighted by molar-refractivity contribution is 5.73. The van der Waals surface area contributed by atoms with E-state index in [0.29, 0.717) is 13.1 Å². The van der Waals surface area contributed by atoms with Gasteiger partial charge in [-0.25, -0.2) is 4.79 Å². The molecule has 6 nitrogen and oxygen atoms in total. The molecule has 1 heterocycles. The van der Waals surface area contributed by atoms with E-state index in [2.05, 4.69) is 15.7 Å². The third-order valence-electron chi connectivity index (χ3n) is 3.89. The number of aliphatic hydroxyl groups is 1. The second-order valence-electron chi connectivity index (χ2n) is 5.35. The third kappa shape index (κ3) is 3.47. The van der Waals surface area contributed by atoms with E-state index in [0.717, 1.165) is 36.9 Å². The number of carbonyl (C=O) groups excluding carboxylic acids is 1. The van der Waals surface area contributed by atoms with E-state index < -0.39 is 5.60 Å². The van der Waals surface area contributed by atoms with E-state index in [9.17, 15) is 9.90 Å². The summed E-state index contributed by atoms with van der Waals surface area (Å²) in [7, 11) is 1.87. The van der Waals surface area contributed by atoms with Crippen molar-refractivity contribution in [1.29, 1.82) is 0 Å².